The Morgan fingerprint density at radius 3 is 2.69 bits per heavy atom. The monoisotopic (exact) mass is 170 g/mol. The van der Waals surface area contributed by atoms with E-state index in [1.54, 1.807) is 12.4 Å². The van der Waals surface area contributed by atoms with Crippen LogP contribution in [0, 0.1) is 11.3 Å². The number of hydrogen-bond acceptors (Lipinski definition) is 2. The van der Waals surface area contributed by atoms with Crippen LogP contribution < -0.4 is 0 Å². The topological polar surface area (TPSA) is 36.7 Å². The van der Waals surface area contributed by atoms with Crippen LogP contribution >= 0.6 is 0 Å². The molecular formula is C11H10N2. The van der Waals surface area contributed by atoms with Gasteiger partial charge in [0, 0.05) is 12.4 Å². The number of nitrogens with zero attached hydrogens (tertiary/aromatic N) is 2. The van der Waals surface area contributed by atoms with Crippen LogP contribution in [0.15, 0.2) is 36.7 Å². The smallest absolute Gasteiger partial charge is 0.0905 e. The molecule has 1 heterocycles. The van der Waals surface area contributed by atoms with Crippen molar-refractivity contribution in [1.82, 2.24) is 4.98 Å². The van der Waals surface area contributed by atoms with Crippen LogP contribution in [0.25, 0.3) is 0 Å². The zero-order valence-electron chi connectivity index (χ0n) is 7.27. The van der Waals surface area contributed by atoms with E-state index in [9.17, 15) is 0 Å². The zero-order chi connectivity index (χ0) is 9.15. The first-order chi connectivity index (χ1) is 6.37. The van der Waals surface area contributed by atoms with Crippen molar-refractivity contribution in [2.75, 3.05) is 0 Å². The number of hydrogen-bond donors (Lipinski definition) is 0. The lowest BCUT2D eigenvalue weighted by atomic mass is 9.81. The average molecular weight is 170 g/mol. The van der Waals surface area contributed by atoms with Gasteiger partial charge < -0.3 is 0 Å². The highest BCUT2D eigenvalue weighted by Crippen LogP contribution is 2.35. The number of allylic oxidation sites excluding steroid dienone is 2. The second-order valence-electron chi connectivity index (χ2n) is 3.32. The molecule has 64 valence electrons. The maximum Gasteiger partial charge on any atom is 0.0905 e. The SMILES string of the molecule is N#CC1(c2cccnc2)CC=CC1. The van der Waals surface area contributed by atoms with Crippen LogP contribution in [-0.2, 0) is 5.41 Å². The van der Waals surface area contributed by atoms with Crippen molar-refractivity contribution < 1.29 is 0 Å². The molecule has 2 heteroatoms. The van der Waals surface area contributed by atoms with Gasteiger partial charge in [0.05, 0.1) is 11.5 Å². The Labute approximate surface area is 77.5 Å². The van der Waals surface area contributed by atoms with E-state index in [0.29, 0.717) is 0 Å². The van der Waals surface area contributed by atoms with Crippen molar-refractivity contribution in [2.45, 2.75) is 18.3 Å². The molecule has 0 atom stereocenters. The Balaban J connectivity index is 2.40. The van der Waals surface area contributed by atoms with E-state index in [1.807, 2.05) is 12.1 Å². The summed E-state index contributed by atoms with van der Waals surface area (Å²) in [6, 6.07) is 6.25. The summed E-state index contributed by atoms with van der Waals surface area (Å²) < 4.78 is 0. The van der Waals surface area contributed by atoms with E-state index in [1.165, 1.54) is 0 Å². The molecule has 0 fully saturated rings. The molecule has 0 saturated heterocycles. The molecule has 0 unspecified atom stereocenters. The van der Waals surface area contributed by atoms with Crippen LogP contribution in [-0.4, -0.2) is 4.98 Å². The molecule has 1 aliphatic carbocycles. The number of rotatable bonds is 1. The van der Waals surface area contributed by atoms with E-state index in [2.05, 4.69) is 23.2 Å². The molecular weight excluding hydrogens is 160 g/mol. The molecule has 0 spiro atoms. The standard InChI is InChI=1S/C11H10N2/c12-9-11(5-1-2-6-11)10-4-3-7-13-8-10/h1-4,7-8H,5-6H2. The summed E-state index contributed by atoms with van der Waals surface area (Å²) in [6.07, 6.45) is 9.28. The molecule has 0 amide bonds. The fourth-order valence-corrected chi connectivity index (χ4v) is 1.69. The van der Waals surface area contributed by atoms with Crippen LogP contribution in [0.5, 0.6) is 0 Å². The number of aromatic nitrogens is 1. The highest BCUT2D eigenvalue weighted by atomic mass is 14.6. The summed E-state index contributed by atoms with van der Waals surface area (Å²) in [7, 11) is 0. The lowest BCUT2D eigenvalue weighted by molar-refractivity contribution is 0.594. The summed E-state index contributed by atoms with van der Waals surface area (Å²) in [6.45, 7) is 0. The molecule has 0 N–H and O–H groups in total. The predicted molar refractivity (Wildman–Crippen MR) is 49.9 cm³/mol. The minimum absolute atomic E-state index is 0.339. The van der Waals surface area contributed by atoms with Gasteiger partial charge in [-0.05, 0) is 24.5 Å². The summed E-state index contributed by atoms with van der Waals surface area (Å²) >= 11 is 0. The number of pyridine rings is 1. The predicted octanol–water partition coefficient (Wildman–Crippen LogP) is 2.19. The fraction of sp³-hybridized carbons (Fsp3) is 0.273. The molecule has 2 nitrogen and oxygen atoms in total. The Kier molecular flexibility index (Phi) is 1.86. The normalized spacial score (nSPS) is 18.4. The third kappa shape index (κ3) is 1.23. The molecule has 1 aromatic heterocycles. The van der Waals surface area contributed by atoms with Crippen molar-refractivity contribution in [1.29, 1.82) is 5.26 Å². The average Bonchev–Trinajstić information content (AvgIpc) is 2.69. The maximum atomic E-state index is 9.15. The first-order valence-electron chi connectivity index (χ1n) is 4.34. The third-order valence-corrected chi connectivity index (χ3v) is 2.53. The molecule has 0 saturated carbocycles. The van der Waals surface area contributed by atoms with Gasteiger partial charge in [-0.2, -0.15) is 5.26 Å². The Morgan fingerprint density at radius 2 is 2.15 bits per heavy atom. The van der Waals surface area contributed by atoms with Gasteiger partial charge in [-0.25, -0.2) is 0 Å². The van der Waals surface area contributed by atoms with Gasteiger partial charge in [-0.3, -0.25) is 4.98 Å². The maximum absolute atomic E-state index is 9.15. The highest BCUT2D eigenvalue weighted by Gasteiger charge is 2.32. The van der Waals surface area contributed by atoms with Crippen molar-refractivity contribution in [2.24, 2.45) is 0 Å². The largest absolute Gasteiger partial charge is 0.264 e. The van der Waals surface area contributed by atoms with E-state index in [0.717, 1.165) is 18.4 Å². The van der Waals surface area contributed by atoms with Gasteiger partial charge in [0.1, 0.15) is 0 Å². The lowest BCUT2D eigenvalue weighted by Gasteiger charge is -2.19. The molecule has 2 rings (SSSR count). The summed E-state index contributed by atoms with van der Waals surface area (Å²) in [5, 5.41) is 9.15. The summed E-state index contributed by atoms with van der Waals surface area (Å²) in [4.78, 5) is 4.04. The second kappa shape index (κ2) is 3.02. The quantitative estimate of drug-likeness (QED) is 0.606. The molecule has 13 heavy (non-hydrogen) atoms. The molecule has 1 aromatic rings. The Bertz CT molecular complexity index is 351. The van der Waals surface area contributed by atoms with Crippen molar-refractivity contribution in [3.63, 3.8) is 0 Å². The van der Waals surface area contributed by atoms with E-state index in [-0.39, 0.29) is 5.41 Å². The first kappa shape index (κ1) is 8.00. The fourth-order valence-electron chi connectivity index (χ4n) is 1.69. The lowest BCUT2D eigenvalue weighted by Crippen LogP contribution is -2.19. The molecule has 0 aromatic carbocycles. The van der Waals surface area contributed by atoms with E-state index >= 15 is 0 Å². The van der Waals surface area contributed by atoms with E-state index in [4.69, 9.17) is 5.26 Å². The van der Waals surface area contributed by atoms with Crippen molar-refractivity contribution >= 4 is 0 Å². The van der Waals surface area contributed by atoms with Gasteiger partial charge in [0.2, 0.25) is 0 Å². The van der Waals surface area contributed by atoms with Crippen LogP contribution in [0.1, 0.15) is 18.4 Å². The Hall–Kier alpha value is -1.62. The minimum Gasteiger partial charge on any atom is -0.264 e. The third-order valence-electron chi connectivity index (χ3n) is 2.53. The Morgan fingerprint density at radius 1 is 1.38 bits per heavy atom. The molecule has 1 aliphatic rings. The molecule has 0 radical (unpaired) electrons. The van der Waals surface area contributed by atoms with Crippen molar-refractivity contribution in [3.8, 4) is 6.07 Å². The van der Waals surface area contributed by atoms with Gasteiger partial charge in [0.25, 0.3) is 0 Å². The van der Waals surface area contributed by atoms with Gasteiger partial charge in [-0.1, -0.05) is 18.2 Å². The second-order valence-corrected chi connectivity index (χ2v) is 3.32. The summed E-state index contributed by atoms with van der Waals surface area (Å²) in [5.41, 5.74) is 0.691. The molecule has 0 aliphatic heterocycles. The van der Waals surface area contributed by atoms with Gasteiger partial charge in [-0.15, -0.1) is 0 Å². The first-order valence-corrected chi connectivity index (χ1v) is 4.34. The minimum atomic E-state index is -0.339. The highest BCUT2D eigenvalue weighted by molar-refractivity contribution is 5.35. The summed E-state index contributed by atoms with van der Waals surface area (Å²) in [5.74, 6) is 0. The van der Waals surface area contributed by atoms with Gasteiger partial charge >= 0.3 is 0 Å². The number of nitriles is 1. The van der Waals surface area contributed by atoms with Crippen LogP contribution in [0.4, 0.5) is 0 Å². The molecule has 0 bridgehead atoms. The van der Waals surface area contributed by atoms with Crippen molar-refractivity contribution in [3.05, 3.63) is 42.2 Å². The zero-order valence-corrected chi connectivity index (χ0v) is 7.27. The van der Waals surface area contributed by atoms with E-state index < -0.39 is 0 Å². The van der Waals surface area contributed by atoms with Gasteiger partial charge in [0.15, 0.2) is 0 Å². The van der Waals surface area contributed by atoms with Crippen LogP contribution in [0.2, 0.25) is 0 Å². The van der Waals surface area contributed by atoms with Crippen LogP contribution in [0.3, 0.4) is 0 Å².